The van der Waals surface area contributed by atoms with E-state index in [2.05, 4.69) is 0 Å². The summed E-state index contributed by atoms with van der Waals surface area (Å²) in [5.41, 5.74) is 2.16. The molecular formula is C28H33NO7. The number of benzene rings is 2. The molecule has 0 radical (unpaired) electrons. The molecule has 8 nitrogen and oxygen atoms in total. The number of ether oxygens (including phenoxy) is 6. The molecule has 0 spiro atoms. The lowest BCUT2D eigenvalue weighted by Gasteiger charge is -2.47. The Bertz CT molecular complexity index is 1060. The Morgan fingerprint density at radius 2 is 1.50 bits per heavy atom. The van der Waals surface area contributed by atoms with Crippen LogP contribution in [0.15, 0.2) is 60.7 Å². The van der Waals surface area contributed by atoms with Gasteiger partial charge in [-0.2, -0.15) is 0 Å². The summed E-state index contributed by atoms with van der Waals surface area (Å²) in [7, 11) is 1.59. The van der Waals surface area contributed by atoms with E-state index in [9.17, 15) is 4.79 Å². The zero-order valence-corrected chi connectivity index (χ0v) is 20.8. The molecule has 4 aliphatic rings. The first-order chi connectivity index (χ1) is 17.4. The second-order valence-electron chi connectivity index (χ2n) is 10.4. The second-order valence-corrected chi connectivity index (χ2v) is 10.4. The third kappa shape index (κ3) is 4.26. The molecule has 0 bridgehead atoms. The van der Waals surface area contributed by atoms with E-state index in [1.54, 1.807) is 7.11 Å². The summed E-state index contributed by atoms with van der Waals surface area (Å²) in [5, 5.41) is 0. The van der Waals surface area contributed by atoms with Crippen molar-refractivity contribution >= 4 is 5.91 Å². The van der Waals surface area contributed by atoms with Gasteiger partial charge in [-0.25, -0.2) is 0 Å². The number of carbonyl (C=O) groups excluding carboxylic acids is 1. The van der Waals surface area contributed by atoms with Crippen LogP contribution in [0.3, 0.4) is 0 Å². The van der Waals surface area contributed by atoms with Gasteiger partial charge in [-0.1, -0.05) is 60.7 Å². The van der Waals surface area contributed by atoms with Crippen molar-refractivity contribution < 1.29 is 33.2 Å². The van der Waals surface area contributed by atoms with Crippen molar-refractivity contribution in [2.75, 3.05) is 13.7 Å². The average Bonchev–Trinajstić information content (AvgIpc) is 3.49. The normalized spacial score (nSPS) is 36.5. The standard InChI is InChI=1S/C28H33NO7/c1-28(2)35-24-23(34-27(31-3)25(24)36-28)20-21-22(33-16-18-12-8-5-9-13-18)19(14-29(21)26(20)30)32-15-17-10-6-4-7-11-17/h4-13,19-25,27H,14-16H2,1-3H3/t19-,20+,21-,22+,23+,24-,25-,27-/m0/s1. The average molecular weight is 496 g/mol. The molecule has 2 aromatic carbocycles. The fraction of sp³-hybridized carbons (Fsp3) is 0.536. The Hall–Kier alpha value is -2.33. The highest BCUT2D eigenvalue weighted by molar-refractivity contribution is 5.88. The van der Waals surface area contributed by atoms with Gasteiger partial charge in [0.2, 0.25) is 5.91 Å². The summed E-state index contributed by atoms with van der Waals surface area (Å²) in [6, 6.07) is 19.9. The number of carbonyl (C=O) groups is 1. The number of rotatable bonds is 8. The van der Waals surface area contributed by atoms with Gasteiger partial charge in [0.15, 0.2) is 12.1 Å². The van der Waals surface area contributed by atoms with E-state index in [1.807, 2.05) is 79.4 Å². The summed E-state index contributed by atoms with van der Waals surface area (Å²) in [6.45, 7) is 5.13. The number of amides is 1. The topological polar surface area (TPSA) is 75.7 Å². The zero-order valence-electron chi connectivity index (χ0n) is 20.8. The number of β-lactam (4-membered cyclic amide) rings is 1. The summed E-state index contributed by atoms with van der Waals surface area (Å²) >= 11 is 0. The van der Waals surface area contributed by atoms with Crippen molar-refractivity contribution in [2.24, 2.45) is 5.92 Å². The van der Waals surface area contributed by atoms with Crippen LogP contribution < -0.4 is 0 Å². The molecule has 4 heterocycles. The molecule has 8 atom stereocenters. The molecule has 0 saturated carbocycles. The number of hydrogen-bond donors (Lipinski definition) is 0. The largest absolute Gasteiger partial charge is 0.369 e. The molecule has 0 aliphatic carbocycles. The van der Waals surface area contributed by atoms with Crippen molar-refractivity contribution in [3.05, 3.63) is 71.8 Å². The van der Waals surface area contributed by atoms with E-state index in [1.165, 1.54) is 0 Å². The third-order valence-corrected chi connectivity index (χ3v) is 7.60. The van der Waals surface area contributed by atoms with Crippen LogP contribution in [0.25, 0.3) is 0 Å². The van der Waals surface area contributed by atoms with Crippen LogP contribution in [0.2, 0.25) is 0 Å². The fourth-order valence-corrected chi connectivity index (χ4v) is 6.01. The van der Waals surface area contributed by atoms with Gasteiger partial charge in [-0.05, 0) is 25.0 Å². The van der Waals surface area contributed by atoms with Crippen LogP contribution in [-0.4, -0.2) is 73.1 Å². The van der Waals surface area contributed by atoms with Crippen molar-refractivity contribution in [1.29, 1.82) is 0 Å². The van der Waals surface area contributed by atoms with Gasteiger partial charge < -0.3 is 33.3 Å². The molecule has 4 fully saturated rings. The molecule has 1 amide bonds. The van der Waals surface area contributed by atoms with E-state index in [0.717, 1.165) is 11.1 Å². The monoisotopic (exact) mass is 495 g/mol. The predicted octanol–water partition coefficient (Wildman–Crippen LogP) is 2.89. The van der Waals surface area contributed by atoms with Gasteiger partial charge in [-0.15, -0.1) is 0 Å². The Kier molecular flexibility index (Phi) is 6.35. The van der Waals surface area contributed by atoms with E-state index >= 15 is 0 Å². The number of hydrogen-bond acceptors (Lipinski definition) is 7. The molecular weight excluding hydrogens is 462 g/mol. The van der Waals surface area contributed by atoms with Crippen LogP contribution >= 0.6 is 0 Å². The van der Waals surface area contributed by atoms with Gasteiger partial charge >= 0.3 is 0 Å². The maximum Gasteiger partial charge on any atom is 0.231 e. The summed E-state index contributed by atoms with van der Waals surface area (Å²) in [6.07, 6.45) is -2.38. The number of fused-ring (bicyclic) bond motifs is 2. The van der Waals surface area contributed by atoms with Gasteiger partial charge in [0.1, 0.15) is 30.5 Å². The minimum atomic E-state index is -0.763. The SMILES string of the molecule is CO[C@H]1O[C@H]([C@@H]2C(=O)N3C[C@H](OCc4ccccc4)[C@@H](OCc4ccccc4)[C@H]23)[C@@H]2OC(C)(C)O[C@H]12. The Morgan fingerprint density at radius 3 is 2.14 bits per heavy atom. The molecule has 0 unspecified atom stereocenters. The van der Waals surface area contributed by atoms with Gasteiger partial charge in [0.25, 0.3) is 0 Å². The second kappa shape index (κ2) is 9.52. The predicted molar refractivity (Wildman–Crippen MR) is 129 cm³/mol. The van der Waals surface area contributed by atoms with Crippen LogP contribution in [0, 0.1) is 5.92 Å². The molecule has 2 aromatic rings. The molecule has 4 aliphatic heterocycles. The van der Waals surface area contributed by atoms with E-state index in [0.29, 0.717) is 19.8 Å². The molecule has 36 heavy (non-hydrogen) atoms. The highest BCUT2D eigenvalue weighted by atomic mass is 16.8. The Morgan fingerprint density at radius 1 is 0.889 bits per heavy atom. The van der Waals surface area contributed by atoms with Crippen molar-refractivity contribution in [3.8, 4) is 0 Å². The minimum absolute atomic E-state index is 0.0351. The highest BCUT2D eigenvalue weighted by Crippen LogP contribution is 2.48. The first-order valence-corrected chi connectivity index (χ1v) is 12.6. The van der Waals surface area contributed by atoms with Crippen LogP contribution in [0.5, 0.6) is 0 Å². The molecule has 192 valence electrons. The highest BCUT2D eigenvalue weighted by Gasteiger charge is 2.68. The zero-order chi connectivity index (χ0) is 24.9. The van der Waals surface area contributed by atoms with Gasteiger partial charge in [0, 0.05) is 13.7 Å². The van der Waals surface area contributed by atoms with E-state index in [-0.39, 0.29) is 36.4 Å². The first kappa shape index (κ1) is 24.0. The summed E-state index contributed by atoms with van der Waals surface area (Å²) in [5.74, 6) is -1.14. The molecule has 0 aromatic heterocycles. The van der Waals surface area contributed by atoms with Gasteiger partial charge in [-0.3, -0.25) is 4.79 Å². The van der Waals surface area contributed by atoms with Crippen LogP contribution in [0.4, 0.5) is 0 Å². The maximum absolute atomic E-state index is 13.4. The molecule has 4 saturated heterocycles. The Balaban J connectivity index is 1.23. The number of methoxy groups -OCH3 is 1. The third-order valence-electron chi connectivity index (χ3n) is 7.60. The van der Waals surface area contributed by atoms with Crippen molar-refractivity contribution in [1.82, 2.24) is 4.90 Å². The fourth-order valence-electron chi connectivity index (χ4n) is 6.01. The van der Waals surface area contributed by atoms with E-state index < -0.39 is 24.1 Å². The summed E-state index contributed by atoms with van der Waals surface area (Å²) in [4.78, 5) is 15.3. The van der Waals surface area contributed by atoms with Gasteiger partial charge in [0.05, 0.1) is 25.2 Å². The molecule has 0 N–H and O–H groups in total. The lowest BCUT2D eigenvalue weighted by atomic mass is 9.80. The number of nitrogens with zero attached hydrogens (tertiary/aromatic N) is 1. The quantitative estimate of drug-likeness (QED) is 0.522. The van der Waals surface area contributed by atoms with Crippen LogP contribution in [0.1, 0.15) is 25.0 Å². The maximum atomic E-state index is 13.4. The lowest BCUT2D eigenvalue weighted by Crippen LogP contribution is -2.66. The molecule has 6 rings (SSSR count). The minimum Gasteiger partial charge on any atom is -0.369 e. The van der Waals surface area contributed by atoms with Crippen molar-refractivity contribution in [3.63, 3.8) is 0 Å². The smallest absolute Gasteiger partial charge is 0.231 e. The Labute approximate surface area is 211 Å². The lowest BCUT2D eigenvalue weighted by molar-refractivity contribution is -0.242. The summed E-state index contributed by atoms with van der Waals surface area (Å²) < 4.78 is 36.9. The van der Waals surface area contributed by atoms with E-state index in [4.69, 9.17) is 28.4 Å². The molecule has 8 heteroatoms. The first-order valence-electron chi connectivity index (χ1n) is 12.6. The van der Waals surface area contributed by atoms with Crippen molar-refractivity contribution in [2.45, 2.75) is 75.7 Å². The van der Waals surface area contributed by atoms with Crippen LogP contribution in [-0.2, 0) is 46.4 Å².